The molecule has 0 aliphatic rings. The largest absolute Gasteiger partial charge is 0.481 e. The van der Waals surface area contributed by atoms with Gasteiger partial charge in [-0.1, -0.05) is 24.3 Å². The third kappa shape index (κ3) is 6.43. The summed E-state index contributed by atoms with van der Waals surface area (Å²) in [4.78, 5) is 23.5. The second kappa shape index (κ2) is 8.45. The monoisotopic (exact) mass is 291 g/mol. The van der Waals surface area contributed by atoms with E-state index in [0.29, 0.717) is 0 Å². The first kappa shape index (κ1) is 17.2. The van der Waals surface area contributed by atoms with E-state index in [1.54, 1.807) is 11.8 Å². The highest BCUT2D eigenvalue weighted by Crippen LogP contribution is 2.12. The summed E-state index contributed by atoms with van der Waals surface area (Å²) in [5, 5.41) is 8.59. The summed E-state index contributed by atoms with van der Waals surface area (Å²) >= 11 is 0. The average molecular weight is 291 g/mol. The highest BCUT2D eigenvalue weighted by atomic mass is 16.4. The zero-order valence-corrected chi connectivity index (χ0v) is 13.1. The predicted octanol–water partition coefficient (Wildman–Crippen LogP) is 2.89. The summed E-state index contributed by atoms with van der Waals surface area (Å²) in [5.74, 6) is -0.647. The Kier molecular flexibility index (Phi) is 6.92. The number of unbranched alkanes of at least 4 members (excludes halogenated alkanes) is 1. The van der Waals surface area contributed by atoms with Crippen molar-refractivity contribution in [1.82, 2.24) is 4.90 Å². The molecule has 21 heavy (non-hydrogen) atoms. The quantitative estimate of drug-likeness (QED) is 0.749. The van der Waals surface area contributed by atoms with Gasteiger partial charge in [-0.15, -0.1) is 0 Å². The lowest BCUT2D eigenvalue weighted by atomic mass is 10.0. The SMILES string of the molecule is CC(=O)N(C)C(C)Cc1ccc(CCCCC(=O)O)cc1. The number of hydrogen-bond acceptors (Lipinski definition) is 2. The molecule has 1 unspecified atom stereocenters. The van der Waals surface area contributed by atoms with E-state index in [1.807, 2.05) is 14.0 Å². The van der Waals surface area contributed by atoms with Crippen LogP contribution in [0.5, 0.6) is 0 Å². The molecule has 0 spiro atoms. The van der Waals surface area contributed by atoms with Crippen LogP contribution >= 0.6 is 0 Å². The van der Waals surface area contributed by atoms with Crippen molar-refractivity contribution < 1.29 is 14.7 Å². The van der Waals surface area contributed by atoms with E-state index in [0.717, 1.165) is 25.7 Å². The maximum absolute atomic E-state index is 11.3. The van der Waals surface area contributed by atoms with Crippen molar-refractivity contribution in [2.45, 2.75) is 52.0 Å². The minimum Gasteiger partial charge on any atom is -0.481 e. The van der Waals surface area contributed by atoms with Crippen LogP contribution in [-0.2, 0) is 22.4 Å². The molecule has 0 fully saturated rings. The fraction of sp³-hybridized carbons (Fsp3) is 0.529. The Bertz CT molecular complexity index is 467. The minimum absolute atomic E-state index is 0.0811. The van der Waals surface area contributed by atoms with Gasteiger partial charge in [-0.2, -0.15) is 0 Å². The molecule has 0 heterocycles. The fourth-order valence-corrected chi connectivity index (χ4v) is 2.24. The number of nitrogens with zero attached hydrogens (tertiary/aromatic N) is 1. The lowest BCUT2D eigenvalue weighted by Gasteiger charge is -2.23. The van der Waals surface area contributed by atoms with Crippen LogP contribution in [0, 0.1) is 0 Å². The smallest absolute Gasteiger partial charge is 0.303 e. The first-order chi connectivity index (χ1) is 9.90. The molecule has 0 saturated heterocycles. The van der Waals surface area contributed by atoms with Crippen LogP contribution in [0.3, 0.4) is 0 Å². The Hall–Kier alpha value is -1.84. The van der Waals surface area contributed by atoms with Crippen LogP contribution in [0.4, 0.5) is 0 Å². The van der Waals surface area contributed by atoms with E-state index < -0.39 is 5.97 Å². The highest BCUT2D eigenvalue weighted by Gasteiger charge is 2.12. The van der Waals surface area contributed by atoms with Crippen LogP contribution < -0.4 is 0 Å². The van der Waals surface area contributed by atoms with Crippen molar-refractivity contribution in [3.63, 3.8) is 0 Å². The number of amides is 1. The Morgan fingerprint density at radius 3 is 2.24 bits per heavy atom. The van der Waals surface area contributed by atoms with Crippen molar-refractivity contribution >= 4 is 11.9 Å². The molecule has 1 amide bonds. The number of likely N-dealkylation sites (N-methyl/N-ethyl adjacent to an activating group) is 1. The van der Waals surface area contributed by atoms with E-state index in [9.17, 15) is 9.59 Å². The Labute approximate surface area is 126 Å². The maximum Gasteiger partial charge on any atom is 0.303 e. The van der Waals surface area contributed by atoms with E-state index in [1.165, 1.54) is 11.1 Å². The number of aliphatic carboxylic acids is 1. The van der Waals surface area contributed by atoms with Crippen molar-refractivity contribution in [2.24, 2.45) is 0 Å². The number of hydrogen-bond donors (Lipinski definition) is 1. The highest BCUT2D eigenvalue weighted by molar-refractivity contribution is 5.73. The van der Waals surface area contributed by atoms with Crippen LogP contribution in [0.15, 0.2) is 24.3 Å². The Morgan fingerprint density at radius 2 is 1.71 bits per heavy atom. The first-order valence-electron chi connectivity index (χ1n) is 7.43. The maximum atomic E-state index is 11.3. The topological polar surface area (TPSA) is 57.6 Å². The third-order valence-electron chi connectivity index (χ3n) is 3.82. The number of benzene rings is 1. The second-order valence-electron chi connectivity index (χ2n) is 5.60. The molecule has 0 saturated carbocycles. The van der Waals surface area contributed by atoms with Gasteiger partial charge in [-0.3, -0.25) is 9.59 Å². The van der Waals surface area contributed by atoms with Gasteiger partial charge in [0, 0.05) is 26.4 Å². The van der Waals surface area contributed by atoms with Gasteiger partial charge >= 0.3 is 5.97 Å². The van der Waals surface area contributed by atoms with Gasteiger partial charge in [0.05, 0.1) is 0 Å². The molecule has 0 bridgehead atoms. The predicted molar refractivity (Wildman–Crippen MR) is 83.2 cm³/mol. The number of carbonyl (C=O) groups is 2. The molecule has 0 radical (unpaired) electrons. The van der Waals surface area contributed by atoms with E-state index in [4.69, 9.17) is 5.11 Å². The van der Waals surface area contributed by atoms with E-state index in [2.05, 4.69) is 24.3 Å². The Balaban J connectivity index is 2.43. The van der Waals surface area contributed by atoms with Gasteiger partial charge in [0.25, 0.3) is 0 Å². The summed E-state index contributed by atoms with van der Waals surface area (Å²) in [7, 11) is 1.82. The van der Waals surface area contributed by atoms with Crippen LogP contribution in [0.2, 0.25) is 0 Å². The molecular weight excluding hydrogens is 266 g/mol. The lowest BCUT2D eigenvalue weighted by Crippen LogP contribution is -2.34. The van der Waals surface area contributed by atoms with Gasteiger partial charge in [0.15, 0.2) is 0 Å². The number of aryl methyl sites for hydroxylation is 1. The molecule has 1 aromatic carbocycles. The van der Waals surface area contributed by atoms with E-state index in [-0.39, 0.29) is 18.4 Å². The average Bonchev–Trinajstić information content (AvgIpc) is 2.44. The molecule has 0 aromatic heterocycles. The van der Waals surface area contributed by atoms with Crippen LogP contribution in [0.1, 0.15) is 44.2 Å². The summed E-state index contributed by atoms with van der Waals surface area (Å²) in [6, 6.07) is 8.56. The molecular formula is C17H25NO3. The van der Waals surface area contributed by atoms with Crippen molar-refractivity contribution in [2.75, 3.05) is 7.05 Å². The van der Waals surface area contributed by atoms with Gasteiger partial charge in [0.1, 0.15) is 0 Å². The van der Waals surface area contributed by atoms with Crippen molar-refractivity contribution in [1.29, 1.82) is 0 Å². The lowest BCUT2D eigenvalue weighted by molar-refractivity contribution is -0.137. The first-order valence-corrected chi connectivity index (χ1v) is 7.43. The standard InChI is InChI=1S/C17H25NO3/c1-13(18(3)14(2)19)12-16-10-8-15(9-11-16)6-4-5-7-17(20)21/h8-11,13H,4-7,12H2,1-3H3,(H,20,21). The van der Waals surface area contributed by atoms with E-state index >= 15 is 0 Å². The normalized spacial score (nSPS) is 12.0. The number of carboxylic acids is 1. The number of carboxylic acid groups (broad SMARTS) is 1. The van der Waals surface area contributed by atoms with Gasteiger partial charge < -0.3 is 10.0 Å². The second-order valence-corrected chi connectivity index (χ2v) is 5.60. The van der Waals surface area contributed by atoms with Crippen molar-refractivity contribution in [3.05, 3.63) is 35.4 Å². The molecule has 1 rings (SSSR count). The summed E-state index contributed by atoms with van der Waals surface area (Å²) < 4.78 is 0. The van der Waals surface area contributed by atoms with Crippen molar-refractivity contribution in [3.8, 4) is 0 Å². The van der Waals surface area contributed by atoms with Gasteiger partial charge in [-0.05, 0) is 43.7 Å². The zero-order chi connectivity index (χ0) is 15.8. The molecule has 1 atom stereocenters. The van der Waals surface area contributed by atoms with Crippen LogP contribution in [0.25, 0.3) is 0 Å². The molecule has 1 N–H and O–H groups in total. The number of rotatable bonds is 8. The Morgan fingerprint density at radius 1 is 1.14 bits per heavy atom. The molecule has 4 nitrogen and oxygen atoms in total. The molecule has 0 aliphatic heterocycles. The third-order valence-corrected chi connectivity index (χ3v) is 3.82. The number of carbonyl (C=O) groups excluding carboxylic acids is 1. The summed E-state index contributed by atoms with van der Waals surface area (Å²) in [6.07, 6.45) is 3.62. The van der Waals surface area contributed by atoms with Gasteiger partial charge in [0.2, 0.25) is 5.91 Å². The molecule has 4 heteroatoms. The van der Waals surface area contributed by atoms with Gasteiger partial charge in [-0.25, -0.2) is 0 Å². The summed E-state index contributed by atoms with van der Waals surface area (Å²) in [5.41, 5.74) is 2.45. The van der Waals surface area contributed by atoms with Crippen LogP contribution in [-0.4, -0.2) is 35.0 Å². The zero-order valence-electron chi connectivity index (χ0n) is 13.1. The fourth-order valence-electron chi connectivity index (χ4n) is 2.24. The summed E-state index contributed by atoms with van der Waals surface area (Å²) in [6.45, 7) is 3.62. The minimum atomic E-state index is -0.728. The molecule has 116 valence electrons. The molecule has 0 aliphatic carbocycles. The molecule has 1 aromatic rings.